The van der Waals surface area contributed by atoms with Crippen LogP contribution >= 0.6 is 0 Å². The number of nitrogens with zero attached hydrogens (tertiary/aromatic N) is 2. The van der Waals surface area contributed by atoms with Crippen molar-refractivity contribution in [3.05, 3.63) is 216 Å². The van der Waals surface area contributed by atoms with Gasteiger partial charge in [-0.05, 0) is 78.5 Å². The average molecular weight is 673 g/mol. The van der Waals surface area contributed by atoms with Crippen molar-refractivity contribution in [3.8, 4) is 67.3 Å². The van der Waals surface area contributed by atoms with E-state index in [0.717, 1.165) is 28.1 Å². The number of benzene rings is 8. The van der Waals surface area contributed by atoms with Crippen LogP contribution in [0.1, 0.15) is 22.3 Å². The SMILES string of the molecule is c1ccc(-c2cc(-c3ccc4c(c3)C3(c5ccccc5-c5ccccc5-4)c4ccccc4-c4c3ccc3ccccc43)nc(-c3ccccc3)n2)cc1. The monoisotopic (exact) mass is 672 g/mol. The molecule has 1 atom stereocenters. The van der Waals surface area contributed by atoms with Gasteiger partial charge in [0.15, 0.2) is 5.82 Å². The first kappa shape index (κ1) is 29.8. The molecule has 9 aromatic rings. The largest absolute Gasteiger partial charge is 0.228 e. The van der Waals surface area contributed by atoms with E-state index >= 15 is 0 Å². The first-order valence-corrected chi connectivity index (χ1v) is 18.3. The predicted molar refractivity (Wildman–Crippen MR) is 218 cm³/mol. The van der Waals surface area contributed by atoms with Gasteiger partial charge in [-0.25, -0.2) is 9.97 Å². The summed E-state index contributed by atoms with van der Waals surface area (Å²) in [5.41, 5.74) is 17.1. The van der Waals surface area contributed by atoms with Crippen molar-refractivity contribution < 1.29 is 0 Å². The van der Waals surface area contributed by atoms with Crippen LogP contribution in [-0.4, -0.2) is 9.97 Å². The summed E-state index contributed by atoms with van der Waals surface area (Å²) in [6, 6.07) is 70.5. The summed E-state index contributed by atoms with van der Waals surface area (Å²) in [6.07, 6.45) is 0. The molecule has 1 spiro atoms. The Morgan fingerprint density at radius 1 is 0.321 bits per heavy atom. The Labute approximate surface area is 308 Å². The highest BCUT2D eigenvalue weighted by atomic mass is 14.9. The highest BCUT2D eigenvalue weighted by Gasteiger charge is 2.50. The Morgan fingerprint density at radius 3 is 1.60 bits per heavy atom. The van der Waals surface area contributed by atoms with Gasteiger partial charge in [0.05, 0.1) is 16.8 Å². The maximum atomic E-state index is 5.29. The molecule has 8 aromatic carbocycles. The summed E-state index contributed by atoms with van der Waals surface area (Å²) in [5.74, 6) is 0.713. The molecule has 2 heteroatoms. The molecular weight excluding hydrogens is 641 g/mol. The lowest BCUT2D eigenvalue weighted by molar-refractivity contribution is 0.776. The summed E-state index contributed by atoms with van der Waals surface area (Å²) in [7, 11) is 0. The lowest BCUT2D eigenvalue weighted by atomic mass is 9.65. The number of rotatable bonds is 3. The summed E-state index contributed by atoms with van der Waals surface area (Å²) >= 11 is 0. The van der Waals surface area contributed by atoms with Gasteiger partial charge >= 0.3 is 0 Å². The van der Waals surface area contributed by atoms with Crippen LogP contribution in [0.4, 0.5) is 0 Å². The number of fused-ring (bicyclic) bond motifs is 14. The normalized spacial score (nSPS) is 14.9. The molecule has 0 saturated carbocycles. The maximum Gasteiger partial charge on any atom is 0.160 e. The second-order valence-electron chi connectivity index (χ2n) is 14.1. The molecule has 2 nitrogen and oxygen atoms in total. The van der Waals surface area contributed by atoms with Gasteiger partial charge in [-0.1, -0.05) is 182 Å². The van der Waals surface area contributed by atoms with Crippen LogP contribution in [0.2, 0.25) is 0 Å². The van der Waals surface area contributed by atoms with Crippen molar-refractivity contribution in [2.75, 3.05) is 0 Å². The van der Waals surface area contributed by atoms with E-state index in [0.29, 0.717) is 5.82 Å². The highest BCUT2D eigenvalue weighted by Crippen LogP contribution is 2.62. The number of hydrogen-bond donors (Lipinski definition) is 0. The van der Waals surface area contributed by atoms with Gasteiger partial charge in [0, 0.05) is 16.7 Å². The minimum absolute atomic E-state index is 0.589. The molecule has 1 aromatic heterocycles. The third-order valence-electron chi connectivity index (χ3n) is 11.3. The fourth-order valence-electron chi connectivity index (χ4n) is 9.09. The Bertz CT molecular complexity index is 2830. The van der Waals surface area contributed by atoms with Crippen LogP contribution < -0.4 is 0 Å². The van der Waals surface area contributed by atoms with Gasteiger partial charge in [0.25, 0.3) is 0 Å². The molecule has 53 heavy (non-hydrogen) atoms. The maximum absolute atomic E-state index is 5.29. The highest BCUT2D eigenvalue weighted by molar-refractivity contribution is 6.06. The molecule has 11 rings (SSSR count). The smallest absolute Gasteiger partial charge is 0.160 e. The van der Waals surface area contributed by atoms with E-state index in [-0.39, 0.29) is 0 Å². The Balaban J connectivity index is 1.27. The molecule has 0 amide bonds. The zero-order chi connectivity index (χ0) is 34.9. The first-order chi connectivity index (χ1) is 26.3. The van der Waals surface area contributed by atoms with E-state index in [9.17, 15) is 0 Å². The molecule has 246 valence electrons. The minimum atomic E-state index is -0.589. The van der Waals surface area contributed by atoms with Crippen molar-refractivity contribution in [2.24, 2.45) is 0 Å². The molecule has 0 N–H and O–H groups in total. The van der Waals surface area contributed by atoms with Crippen molar-refractivity contribution in [3.63, 3.8) is 0 Å². The third-order valence-corrected chi connectivity index (χ3v) is 11.3. The van der Waals surface area contributed by atoms with Gasteiger partial charge in [-0.2, -0.15) is 0 Å². The Hall–Kier alpha value is -6.90. The van der Waals surface area contributed by atoms with Crippen molar-refractivity contribution in [1.82, 2.24) is 9.97 Å². The molecule has 0 radical (unpaired) electrons. The van der Waals surface area contributed by atoms with E-state index < -0.39 is 5.41 Å². The van der Waals surface area contributed by atoms with Crippen LogP contribution in [0.15, 0.2) is 194 Å². The average Bonchev–Trinajstić information content (AvgIpc) is 3.49. The summed E-state index contributed by atoms with van der Waals surface area (Å²) < 4.78 is 0. The zero-order valence-electron chi connectivity index (χ0n) is 28.9. The van der Waals surface area contributed by atoms with Gasteiger partial charge < -0.3 is 0 Å². The molecule has 0 bridgehead atoms. The van der Waals surface area contributed by atoms with Gasteiger partial charge in [0.2, 0.25) is 0 Å². The molecule has 2 aliphatic carbocycles. The number of aromatic nitrogens is 2. The lowest BCUT2D eigenvalue weighted by Gasteiger charge is -2.35. The lowest BCUT2D eigenvalue weighted by Crippen LogP contribution is -2.29. The van der Waals surface area contributed by atoms with Crippen LogP contribution in [0.3, 0.4) is 0 Å². The summed E-state index contributed by atoms with van der Waals surface area (Å²) in [5, 5.41) is 2.53. The van der Waals surface area contributed by atoms with E-state index in [1.807, 2.05) is 24.3 Å². The molecule has 0 aliphatic heterocycles. The predicted octanol–water partition coefficient (Wildman–Crippen LogP) is 12.6. The van der Waals surface area contributed by atoms with E-state index in [1.165, 1.54) is 66.4 Å². The molecule has 2 aliphatic rings. The van der Waals surface area contributed by atoms with Crippen LogP contribution in [0.25, 0.3) is 78.1 Å². The van der Waals surface area contributed by atoms with Crippen molar-refractivity contribution in [1.29, 1.82) is 0 Å². The van der Waals surface area contributed by atoms with Gasteiger partial charge in [-0.3, -0.25) is 0 Å². The minimum Gasteiger partial charge on any atom is -0.228 e. The van der Waals surface area contributed by atoms with Crippen LogP contribution in [-0.2, 0) is 5.41 Å². The fraction of sp³-hybridized carbons (Fsp3) is 0.0196. The van der Waals surface area contributed by atoms with Crippen molar-refractivity contribution in [2.45, 2.75) is 5.41 Å². The zero-order valence-corrected chi connectivity index (χ0v) is 28.9. The first-order valence-electron chi connectivity index (χ1n) is 18.3. The second kappa shape index (κ2) is 11.6. The molecule has 1 heterocycles. The van der Waals surface area contributed by atoms with Crippen LogP contribution in [0.5, 0.6) is 0 Å². The summed E-state index contributed by atoms with van der Waals surface area (Å²) in [4.78, 5) is 10.4. The molecule has 1 unspecified atom stereocenters. The van der Waals surface area contributed by atoms with Crippen molar-refractivity contribution >= 4 is 10.8 Å². The molecule has 0 saturated heterocycles. The topological polar surface area (TPSA) is 25.8 Å². The van der Waals surface area contributed by atoms with Crippen LogP contribution in [0, 0.1) is 0 Å². The standard InChI is InChI=1S/C51H32N2/c1-3-16-34(17-4-1)47-32-48(53-50(52-47)35-18-5-2-6-19-35)36-27-29-41-39-22-10-9-21-38(39)40-23-11-13-25-43(40)51(46(41)31-36)44-26-14-12-24-42(44)49-37-20-8-7-15-33(37)28-30-45(49)51/h1-32H. The second-order valence-corrected chi connectivity index (χ2v) is 14.1. The Morgan fingerprint density at radius 2 is 0.868 bits per heavy atom. The number of hydrogen-bond acceptors (Lipinski definition) is 2. The fourth-order valence-corrected chi connectivity index (χ4v) is 9.09. The van der Waals surface area contributed by atoms with Gasteiger partial charge in [-0.15, -0.1) is 0 Å². The van der Waals surface area contributed by atoms with E-state index in [4.69, 9.17) is 9.97 Å². The van der Waals surface area contributed by atoms with Gasteiger partial charge in [0.1, 0.15) is 0 Å². The van der Waals surface area contributed by atoms with E-state index in [2.05, 4.69) is 170 Å². The third kappa shape index (κ3) is 4.33. The Kier molecular flexibility index (Phi) is 6.50. The van der Waals surface area contributed by atoms with E-state index in [1.54, 1.807) is 0 Å². The molecule has 0 fully saturated rings. The quantitative estimate of drug-likeness (QED) is 0.187. The molecular formula is C51H32N2. The summed E-state index contributed by atoms with van der Waals surface area (Å²) in [6.45, 7) is 0.